The number of aromatic hydroxyl groups is 1. The van der Waals surface area contributed by atoms with E-state index in [9.17, 15) is 9.90 Å². The summed E-state index contributed by atoms with van der Waals surface area (Å²) in [6.07, 6.45) is 3.41. The average Bonchev–Trinajstić information content (AvgIpc) is 3.14. The first kappa shape index (κ1) is 16.8. The zero-order chi connectivity index (χ0) is 18.6. The lowest BCUT2D eigenvalue weighted by Crippen LogP contribution is -2.30. The van der Waals surface area contributed by atoms with E-state index in [-0.39, 0.29) is 11.7 Å². The van der Waals surface area contributed by atoms with Gasteiger partial charge in [0.1, 0.15) is 5.69 Å². The summed E-state index contributed by atoms with van der Waals surface area (Å²) in [5.74, 6) is -0.125. The Balaban J connectivity index is 1.67. The molecule has 0 aliphatic heterocycles. The number of rotatable bonds is 5. The van der Waals surface area contributed by atoms with Crippen molar-refractivity contribution < 1.29 is 9.90 Å². The van der Waals surface area contributed by atoms with Crippen molar-refractivity contribution in [3.63, 3.8) is 0 Å². The van der Waals surface area contributed by atoms with Crippen molar-refractivity contribution in [2.24, 2.45) is 0 Å². The van der Waals surface area contributed by atoms with Crippen LogP contribution in [-0.2, 0) is 13.1 Å². The minimum Gasteiger partial charge on any atom is -0.504 e. The first-order chi connectivity index (χ1) is 13.2. The summed E-state index contributed by atoms with van der Waals surface area (Å²) in [5, 5.41) is 9.97. The highest BCUT2D eigenvalue weighted by Gasteiger charge is 2.20. The number of aromatic nitrogens is 2. The smallest absolute Gasteiger partial charge is 0.274 e. The fraction of sp³-hybridized carbons (Fsp3) is 0.0909. The molecule has 5 heteroatoms. The van der Waals surface area contributed by atoms with Gasteiger partial charge in [-0.3, -0.25) is 4.79 Å². The third-order valence-electron chi connectivity index (χ3n) is 4.40. The molecule has 0 radical (unpaired) electrons. The molecule has 0 aliphatic rings. The summed E-state index contributed by atoms with van der Waals surface area (Å²) in [5.41, 5.74) is 2.78. The fourth-order valence-electron chi connectivity index (χ4n) is 3.07. The molecule has 2 heterocycles. The van der Waals surface area contributed by atoms with E-state index < -0.39 is 0 Å². The zero-order valence-electron chi connectivity index (χ0n) is 14.7. The molecular formula is C22H19N3O2. The molecule has 0 atom stereocenters. The Kier molecular flexibility index (Phi) is 4.58. The third-order valence-corrected chi connectivity index (χ3v) is 4.40. The van der Waals surface area contributed by atoms with Crippen molar-refractivity contribution in [1.82, 2.24) is 14.3 Å². The van der Waals surface area contributed by atoms with Gasteiger partial charge in [-0.05, 0) is 23.3 Å². The second-order valence-corrected chi connectivity index (χ2v) is 6.38. The van der Waals surface area contributed by atoms with Crippen molar-refractivity contribution in [3.05, 3.63) is 102 Å². The molecule has 0 unspecified atom stereocenters. The van der Waals surface area contributed by atoms with Gasteiger partial charge >= 0.3 is 0 Å². The Labute approximate surface area is 157 Å². The van der Waals surface area contributed by atoms with Gasteiger partial charge in [0.15, 0.2) is 11.4 Å². The minimum absolute atomic E-state index is 0.0502. The summed E-state index contributed by atoms with van der Waals surface area (Å²) in [6, 6.07) is 23.0. The molecule has 4 aromatic rings. The van der Waals surface area contributed by atoms with E-state index in [2.05, 4.69) is 4.98 Å². The summed E-state index contributed by atoms with van der Waals surface area (Å²) in [4.78, 5) is 19.3. The topological polar surface area (TPSA) is 57.8 Å². The van der Waals surface area contributed by atoms with E-state index in [1.807, 2.05) is 60.7 Å². The number of imidazole rings is 1. The lowest BCUT2D eigenvalue weighted by atomic mass is 10.1. The number of benzene rings is 2. The van der Waals surface area contributed by atoms with Gasteiger partial charge in [-0.15, -0.1) is 0 Å². The maximum Gasteiger partial charge on any atom is 0.274 e. The molecule has 134 valence electrons. The van der Waals surface area contributed by atoms with E-state index in [0.29, 0.717) is 24.4 Å². The highest BCUT2D eigenvalue weighted by Crippen LogP contribution is 2.19. The number of nitrogens with zero attached hydrogens (tertiary/aromatic N) is 3. The lowest BCUT2D eigenvalue weighted by Gasteiger charge is -2.22. The van der Waals surface area contributed by atoms with E-state index >= 15 is 0 Å². The van der Waals surface area contributed by atoms with Gasteiger partial charge in [0, 0.05) is 25.5 Å². The van der Waals surface area contributed by atoms with Crippen LogP contribution in [0.1, 0.15) is 21.6 Å². The van der Waals surface area contributed by atoms with Gasteiger partial charge in [-0.2, -0.15) is 0 Å². The Hall–Kier alpha value is -3.60. The SMILES string of the molecule is O=C(c1cn2cccc(O)c2n1)N(Cc1ccccc1)Cc1ccccc1. The average molecular weight is 357 g/mol. The maximum absolute atomic E-state index is 13.2. The molecule has 0 saturated carbocycles. The molecule has 27 heavy (non-hydrogen) atoms. The Morgan fingerprint density at radius 2 is 1.48 bits per heavy atom. The van der Waals surface area contributed by atoms with Crippen LogP contribution in [0.15, 0.2) is 85.2 Å². The molecule has 1 amide bonds. The lowest BCUT2D eigenvalue weighted by molar-refractivity contribution is 0.0724. The van der Waals surface area contributed by atoms with E-state index in [1.54, 1.807) is 33.8 Å². The number of hydrogen-bond donors (Lipinski definition) is 1. The van der Waals surface area contributed by atoms with Crippen molar-refractivity contribution in [2.75, 3.05) is 0 Å². The van der Waals surface area contributed by atoms with Gasteiger partial charge in [0.2, 0.25) is 0 Å². The molecule has 4 rings (SSSR count). The summed E-state index contributed by atoms with van der Waals surface area (Å²) < 4.78 is 1.66. The van der Waals surface area contributed by atoms with Gasteiger partial charge in [0.25, 0.3) is 5.91 Å². The van der Waals surface area contributed by atoms with Gasteiger partial charge in [0.05, 0.1) is 0 Å². The predicted octanol–water partition coefficient (Wildman–Crippen LogP) is 3.88. The van der Waals surface area contributed by atoms with Crippen LogP contribution in [0.25, 0.3) is 5.65 Å². The van der Waals surface area contributed by atoms with Crippen molar-refractivity contribution in [3.8, 4) is 5.75 Å². The fourth-order valence-corrected chi connectivity index (χ4v) is 3.07. The Morgan fingerprint density at radius 3 is 2.04 bits per heavy atom. The van der Waals surface area contributed by atoms with E-state index in [1.165, 1.54) is 0 Å². The molecule has 2 aromatic heterocycles. The number of carbonyl (C=O) groups is 1. The molecule has 0 fully saturated rings. The van der Waals surface area contributed by atoms with Crippen molar-refractivity contribution in [2.45, 2.75) is 13.1 Å². The van der Waals surface area contributed by atoms with Crippen LogP contribution in [0.3, 0.4) is 0 Å². The van der Waals surface area contributed by atoms with Gasteiger partial charge in [-0.25, -0.2) is 4.98 Å². The number of fused-ring (bicyclic) bond motifs is 1. The number of amides is 1. The quantitative estimate of drug-likeness (QED) is 0.590. The van der Waals surface area contributed by atoms with E-state index in [0.717, 1.165) is 11.1 Å². The van der Waals surface area contributed by atoms with Crippen molar-refractivity contribution >= 4 is 11.6 Å². The minimum atomic E-state index is -0.175. The van der Waals surface area contributed by atoms with Crippen LogP contribution >= 0.6 is 0 Å². The number of pyridine rings is 1. The molecule has 5 nitrogen and oxygen atoms in total. The molecule has 0 spiro atoms. The Bertz CT molecular complexity index is 1020. The van der Waals surface area contributed by atoms with Crippen LogP contribution in [0.2, 0.25) is 0 Å². The molecule has 0 aliphatic carbocycles. The highest BCUT2D eigenvalue weighted by atomic mass is 16.3. The molecule has 0 bridgehead atoms. The normalized spacial score (nSPS) is 10.8. The number of carbonyl (C=O) groups excluding carboxylic acids is 1. The van der Waals surface area contributed by atoms with Crippen LogP contribution in [0.4, 0.5) is 0 Å². The van der Waals surface area contributed by atoms with Crippen molar-refractivity contribution in [1.29, 1.82) is 0 Å². The zero-order valence-corrected chi connectivity index (χ0v) is 14.7. The summed E-state index contributed by atoms with van der Waals surface area (Å²) in [7, 11) is 0. The maximum atomic E-state index is 13.2. The molecule has 2 aromatic carbocycles. The Morgan fingerprint density at radius 1 is 0.889 bits per heavy atom. The van der Waals surface area contributed by atoms with Gasteiger partial charge in [-0.1, -0.05) is 60.7 Å². The standard InChI is InChI=1S/C22H19N3O2/c26-20-12-7-13-24-16-19(23-21(20)24)22(27)25(14-17-8-3-1-4-9-17)15-18-10-5-2-6-11-18/h1-13,16,26H,14-15H2. The van der Waals surface area contributed by atoms with E-state index in [4.69, 9.17) is 0 Å². The molecule has 1 N–H and O–H groups in total. The first-order valence-corrected chi connectivity index (χ1v) is 8.74. The largest absolute Gasteiger partial charge is 0.504 e. The highest BCUT2D eigenvalue weighted by molar-refractivity contribution is 5.93. The van der Waals surface area contributed by atoms with Crippen LogP contribution in [-0.4, -0.2) is 25.3 Å². The second-order valence-electron chi connectivity index (χ2n) is 6.38. The summed E-state index contributed by atoms with van der Waals surface area (Å²) >= 11 is 0. The van der Waals surface area contributed by atoms with Crippen LogP contribution in [0, 0.1) is 0 Å². The summed E-state index contributed by atoms with van der Waals surface area (Å²) in [6.45, 7) is 0.961. The van der Waals surface area contributed by atoms with Gasteiger partial charge < -0.3 is 14.4 Å². The monoisotopic (exact) mass is 357 g/mol. The third kappa shape index (κ3) is 3.67. The first-order valence-electron chi connectivity index (χ1n) is 8.74. The molecule has 0 saturated heterocycles. The predicted molar refractivity (Wildman–Crippen MR) is 103 cm³/mol. The number of hydrogen-bond acceptors (Lipinski definition) is 3. The molecular weight excluding hydrogens is 338 g/mol. The second kappa shape index (κ2) is 7.33. The van der Waals surface area contributed by atoms with Crippen LogP contribution < -0.4 is 0 Å². The van der Waals surface area contributed by atoms with Crippen LogP contribution in [0.5, 0.6) is 5.75 Å².